The Hall–Kier alpha value is -2.80. The van der Waals surface area contributed by atoms with Crippen LogP contribution in [0.3, 0.4) is 0 Å². The standard InChI is InChI=1S/C19H19N5OS/c1-13-6-8-15(9-7-13)18-21-22-19(24(18)20)26-12-17(25)23-11-10-14-4-2-3-5-16(14)23/h2-9H,10-12,20H2,1H3. The molecule has 0 unspecified atom stereocenters. The maximum Gasteiger partial charge on any atom is 0.237 e. The summed E-state index contributed by atoms with van der Waals surface area (Å²) in [6, 6.07) is 16.0. The van der Waals surface area contributed by atoms with Crippen LogP contribution in [0.4, 0.5) is 5.69 Å². The van der Waals surface area contributed by atoms with E-state index < -0.39 is 0 Å². The molecule has 3 aromatic rings. The van der Waals surface area contributed by atoms with E-state index in [0.29, 0.717) is 11.0 Å². The van der Waals surface area contributed by atoms with Crippen LogP contribution in [-0.4, -0.2) is 33.1 Å². The molecule has 6 nitrogen and oxygen atoms in total. The van der Waals surface area contributed by atoms with Crippen molar-refractivity contribution in [1.82, 2.24) is 14.9 Å². The smallest absolute Gasteiger partial charge is 0.237 e. The second-order valence-electron chi connectivity index (χ2n) is 6.25. The van der Waals surface area contributed by atoms with Gasteiger partial charge >= 0.3 is 0 Å². The van der Waals surface area contributed by atoms with Gasteiger partial charge in [0.2, 0.25) is 11.1 Å². The molecule has 26 heavy (non-hydrogen) atoms. The zero-order valence-electron chi connectivity index (χ0n) is 14.4. The molecule has 2 heterocycles. The van der Waals surface area contributed by atoms with Crippen molar-refractivity contribution in [2.24, 2.45) is 0 Å². The third-order valence-corrected chi connectivity index (χ3v) is 5.42. The molecule has 0 radical (unpaired) electrons. The number of amides is 1. The topological polar surface area (TPSA) is 77.0 Å². The molecular formula is C19H19N5OS. The SMILES string of the molecule is Cc1ccc(-c2nnc(SCC(=O)N3CCc4ccccc43)n2N)cc1. The number of nitrogens with two attached hydrogens (primary N) is 1. The maximum absolute atomic E-state index is 12.6. The highest BCUT2D eigenvalue weighted by atomic mass is 32.2. The molecule has 4 rings (SSSR count). The zero-order chi connectivity index (χ0) is 18.1. The predicted octanol–water partition coefficient (Wildman–Crippen LogP) is 2.65. The van der Waals surface area contributed by atoms with E-state index >= 15 is 0 Å². The minimum Gasteiger partial charge on any atom is -0.335 e. The second kappa shape index (κ2) is 6.84. The summed E-state index contributed by atoms with van der Waals surface area (Å²) in [5.74, 6) is 7.06. The minimum atomic E-state index is 0.0554. The molecule has 0 atom stereocenters. The van der Waals surface area contributed by atoms with E-state index in [-0.39, 0.29) is 11.7 Å². The number of fused-ring (bicyclic) bond motifs is 1. The van der Waals surface area contributed by atoms with Gasteiger partial charge in [-0.25, -0.2) is 4.68 Å². The Morgan fingerprint density at radius 3 is 2.73 bits per heavy atom. The molecule has 1 aliphatic rings. The molecule has 0 bridgehead atoms. The molecule has 1 aliphatic heterocycles. The highest BCUT2D eigenvalue weighted by Crippen LogP contribution is 2.29. The highest BCUT2D eigenvalue weighted by Gasteiger charge is 2.24. The van der Waals surface area contributed by atoms with Crippen molar-refractivity contribution in [3.63, 3.8) is 0 Å². The number of para-hydroxylation sites is 1. The molecule has 0 aliphatic carbocycles. The van der Waals surface area contributed by atoms with Gasteiger partial charge in [-0.2, -0.15) is 0 Å². The molecule has 132 valence electrons. The summed E-state index contributed by atoms with van der Waals surface area (Å²) in [4.78, 5) is 14.4. The first-order valence-electron chi connectivity index (χ1n) is 8.42. The Labute approximate surface area is 156 Å². The van der Waals surface area contributed by atoms with E-state index in [9.17, 15) is 4.79 Å². The largest absolute Gasteiger partial charge is 0.335 e. The number of aryl methyl sites for hydroxylation is 1. The molecule has 0 spiro atoms. The first-order valence-corrected chi connectivity index (χ1v) is 9.40. The first kappa shape index (κ1) is 16.7. The molecule has 0 fully saturated rings. The van der Waals surface area contributed by atoms with E-state index in [2.05, 4.69) is 16.3 Å². The Morgan fingerprint density at radius 2 is 1.92 bits per heavy atom. The molecule has 1 amide bonds. The summed E-state index contributed by atoms with van der Waals surface area (Å²) in [5.41, 5.74) is 4.29. The van der Waals surface area contributed by atoms with Gasteiger partial charge in [0.05, 0.1) is 5.75 Å². The summed E-state index contributed by atoms with van der Waals surface area (Å²) >= 11 is 1.31. The van der Waals surface area contributed by atoms with Gasteiger partial charge in [0.15, 0.2) is 5.82 Å². The zero-order valence-corrected chi connectivity index (χ0v) is 15.2. The average molecular weight is 365 g/mol. The summed E-state index contributed by atoms with van der Waals surface area (Å²) < 4.78 is 1.44. The molecule has 0 saturated carbocycles. The van der Waals surface area contributed by atoms with Gasteiger partial charge in [-0.15, -0.1) is 10.2 Å². The van der Waals surface area contributed by atoms with Crippen LogP contribution in [0, 0.1) is 6.92 Å². The Morgan fingerprint density at radius 1 is 1.15 bits per heavy atom. The van der Waals surface area contributed by atoms with Crippen LogP contribution in [0.1, 0.15) is 11.1 Å². The summed E-state index contributed by atoms with van der Waals surface area (Å²) in [5, 5.41) is 8.84. The van der Waals surface area contributed by atoms with E-state index in [1.807, 2.05) is 54.3 Å². The van der Waals surface area contributed by atoms with Crippen molar-refractivity contribution in [2.45, 2.75) is 18.5 Å². The Kier molecular flexibility index (Phi) is 4.38. The number of nitrogens with zero attached hydrogens (tertiary/aromatic N) is 4. The van der Waals surface area contributed by atoms with Crippen molar-refractivity contribution >= 4 is 23.4 Å². The highest BCUT2D eigenvalue weighted by molar-refractivity contribution is 7.99. The van der Waals surface area contributed by atoms with Crippen molar-refractivity contribution in [1.29, 1.82) is 0 Å². The van der Waals surface area contributed by atoms with E-state index in [1.54, 1.807) is 0 Å². The fraction of sp³-hybridized carbons (Fsp3) is 0.211. The lowest BCUT2D eigenvalue weighted by atomic mass is 10.1. The Balaban J connectivity index is 1.46. The molecule has 2 aromatic carbocycles. The van der Waals surface area contributed by atoms with Crippen LogP contribution in [0.25, 0.3) is 11.4 Å². The number of nitrogen functional groups attached to an aromatic ring is 1. The van der Waals surface area contributed by atoms with Crippen LogP contribution in [-0.2, 0) is 11.2 Å². The number of anilines is 1. The fourth-order valence-corrected chi connectivity index (χ4v) is 3.81. The first-order chi connectivity index (χ1) is 12.6. The van der Waals surface area contributed by atoms with Crippen LogP contribution >= 0.6 is 11.8 Å². The van der Waals surface area contributed by atoms with Gasteiger partial charge < -0.3 is 10.7 Å². The number of hydrogen-bond acceptors (Lipinski definition) is 5. The van der Waals surface area contributed by atoms with Crippen molar-refractivity contribution in [3.8, 4) is 11.4 Å². The summed E-state index contributed by atoms with van der Waals surface area (Å²) in [6.45, 7) is 2.75. The third kappa shape index (κ3) is 3.06. The number of hydrogen-bond donors (Lipinski definition) is 1. The third-order valence-electron chi connectivity index (χ3n) is 4.49. The normalized spacial score (nSPS) is 13.0. The molecule has 7 heteroatoms. The predicted molar refractivity (Wildman–Crippen MR) is 104 cm³/mol. The van der Waals surface area contributed by atoms with Crippen molar-refractivity contribution in [2.75, 3.05) is 23.0 Å². The van der Waals surface area contributed by atoms with Gasteiger partial charge in [0.1, 0.15) is 0 Å². The van der Waals surface area contributed by atoms with Crippen LogP contribution < -0.4 is 10.7 Å². The van der Waals surface area contributed by atoms with Gasteiger partial charge in [-0.3, -0.25) is 4.79 Å². The van der Waals surface area contributed by atoms with E-state index in [0.717, 1.165) is 24.2 Å². The molecular weight excluding hydrogens is 346 g/mol. The number of thioether (sulfide) groups is 1. The molecule has 0 saturated heterocycles. The average Bonchev–Trinajstić information content (AvgIpc) is 3.24. The number of benzene rings is 2. The van der Waals surface area contributed by atoms with E-state index in [1.165, 1.54) is 27.6 Å². The van der Waals surface area contributed by atoms with Crippen molar-refractivity contribution < 1.29 is 4.79 Å². The quantitative estimate of drug-likeness (QED) is 0.568. The Bertz CT molecular complexity index is 951. The van der Waals surface area contributed by atoms with Crippen molar-refractivity contribution in [3.05, 3.63) is 59.7 Å². The van der Waals surface area contributed by atoms with Gasteiger partial charge in [0.25, 0.3) is 0 Å². The number of carbonyl (C=O) groups is 1. The van der Waals surface area contributed by atoms with Crippen LogP contribution in [0.15, 0.2) is 53.7 Å². The molecule has 1 aromatic heterocycles. The molecule has 2 N–H and O–H groups in total. The minimum absolute atomic E-state index is 0.0554. The lowest BCUT2D eigenvalue weighted by Gasteiger charge is -2.16. The summed E-state index contributed by atoms with van der Waals surface area (Å²) in [7, 11) is 0. The van der Waals surface area contributed by atoms with Crippen LogP contribution in [0.2, 0.25) is 0 Å². The monoisotopic (exact) mass is 365 g/mol. The number of rotatable bonds is 4. The number of carbonyl (C=O) groups excluding carboxylic acids is 1. The van der Waals surface area contributed by atoms with E-state index in [4.69, 9.17) is 5.84 Å². The van der Waals surface area contributed by atoms with Gasteiger partial charge in [-0.05, 0) is 25.0 Å². The van der Waals surface area contributed by atoms with Gasteiger partial charge in [0, 0.05) is 17.8 Å². The maximum atomic E-state index is 12.6. The lowest BCUT2D eigenvalue weighted by molar-refractivity contribution is -0.116. The second-order valence-corrected chi connectivity index (χ2v) is 7.20. The summed E-state index contributed by atoms with van der Waals surface area (Å²) in [6.07, 6.45) is 0.900. The number of aromatic nitrogens is 3. The lowest BCUT2D eigenvalue weighted by Crippen LogP contribution is -2.30. The fourth-order valence-electron chi connectivity index (χ4n) is 3.08. The van der Waals surface area contributed by atoms with Gasteiger partial charge in [-0.1, -0.05) is 59.8 Å². The van der Waals surface area contributed by atoms with Crippen LogP contribution in [0.5, 0.6) is 0 Å².